The number of aromatic amines is 1. The number of H-pyrrole nitrogens is 1. The maximum atomic E-state index is 12.4. The number of carbonyl (C=O) groups is 1. The number of amides is 1. The van der Waals surface area contributed by atoms with Crippen LogP contribution in [0.25, 0.3) is 10.9 Å². The van der Waals surface area contributed by atoms with Crippen molar-refractivity contribution < 1.29 is 9.53 Å². The highest BCUT2D eigenvalue weighted by Gasteiger charge is 2.22. The lowest BCUT2D eigenvalue weighted by molar-refractivity contribution is -0.122. The van der Waals surface area contributed by atoms with Crippen LogP contribution in [0.1, 0.15) is 30.3 Å². The number of aromatic nitrogens is 2. The summed E-state index contributed by atoms with van der Waals surface area (Å²) in [6.45, 7) is 0.585. The van der Waals surface area contributed by atoms with Gasteiger partial charge in [0.05, 0.1) is 23.6 Å². The number of benzene rings is 2. The SMILES string of the molecule is O=C(CCc1nc2ccccc2c(=O)[nH]1)N[C@@H]1CCOc2ccccc21. The highest BCUT2D eigenvalue weighted by molar-refractivity contribution is 5.78. The van der Waals surface area contributed by atoms with E-state index in [9.17, 15) is 9.59 Å². The Balaban J connectivity index is 1.43. The number of para-hydroxylation sites is 2. The Labute approximate surface area is 150 Å². The van der Waals surface area contributed by atoms with Gasteiger partial charge >= 0.3 is 0 Å². The third-order valence-electron chi connectivity index (χ3n) is 4.54. The normalized spacial score (nSPS) is 15.9. The molecule has 0 bridgehead atoms. The number of hydrogen-bond donors (Lipinski definition) is 2. The first-order valence-corrected chi connectivity index (χ1v) is 8.70. The molecule has 1 aliphatic rings. The predicted molar refractivity (Wildman–Crippen MR) is 98.1 cm³/mol. The fraction of sp³-hybridized carbons (Fsp3) is 0.250. The molecule has 1 aromatic heterocycles. The summed E-state index contributed by atoms with van der Waals surface area (Å²) in [6.07, 6.45) is 1.39. The Hall–Kier alpha value is -3.15. The molecule has 0 saturated heterocycles. The number of ether oxygens (including phenoxy) is 1. The van der Waals surface area contributed by atoms with Gasteiger partial charge < -0.3 is 15.0 Å². The van der Waals surface area contributed by atoms with Crippen molar-refractivity contribution in [3.63, 3.8) is 0 Å². The zero-order valence-corrected chi connectivity index (χ0v) is 14.2. The van der Waals surface area contributed by atoms with Gasteiger partial charge in [-0.15, -0.1) is 0 Å². The van der Waals surface area contributed by atoms with E-state index in [0.717, 1.165) is 17.7 Å². The maximum Gasteiger partial charge on any atom is 0.258 e. The van der Waals surface area contributed by atoms with Gasteiger partial charge in [-0.25, -0.2) is 4.98 Å². The van der Waals surface area contributed by atoms with Crippen LogP contribution in [0.3, 0.4) is 0 Å². The molecular weight excluding hydrogens is 330 g/mol. The molecule has 4 rings (SSSR count). The molecule has 3 aromatic rings. The number of nitrogens with zero attached hydrogens (tertiary/aromatic N) is 1. The van der Waals surface area contributed by atoms with Gasteiger partial charge in [-0.05, 0) is 18.2 Å². The van der Waals surface area contributed by atoms with Crippen molar-refractivity contribution in [1.82, 2.24) is 15.3 Å². The zero-order valence-electron chi connectivity index (χ0n) is 14.2. The first-order valence-electron chi connectivity index (χ1n) is 8.70. The van der Waals surface area contributed by atoms with Crippen molar-refractivity contribution in [1.29, 1.82) is 0 Å². The summed E-state index contributed by atoms with van der Waals surface area (Å²) in [6, 6.07) is 14.9. The maximum absolute atomic E-state index is 12.4. The molecule has 2 heterocycles. The van der Waals surface area contributed by atoms with Gasteiger partial charge in [-0.3, -0.25) is 9.59 Å². The molecule has 132 valence electrons. The molecule has 0 spiro atoms. The van der Waals surface area contributed by atoms with Crippen LogP contribution in [0.2, 0.25) is 0 Å². The van der Waals surface area contributed by atoms with E-state index >= 15 is 0 Å². The Morgan fingerprint density at radius 2 is 2.00 bits per heavy atom. The number of rotatable bonds is 4. The summed E-state index contributed by atoms with van der Waals surface area (Å²) in [5.41, 5.74) is 1.47. The Morgan fingerprint density at radius 3 is 2.92 bits per heavy atom. The lowest BCUT2D eigenvalue weighted by Gasteiger charge is -2.26. The minimum atomic E-state index is -0.177. The van der Waals surface area contributed by atoms with Gasteiger partial charge in [-0.1, -0.05) is 30.3 Å². The number of hydrogen-bond acceptors (Lipinski definition) is 4. The second-order valence-corrected chi connectivity index (χ2v) is 6.32. The van der Waals surface area contributed by atoms with Crippen molar-refractivity contribution in [2.45, 2.75) is 25.3 Å². The smallest absolute Gasteiger partial charge is 0.258 e. The third kappa shape index (κ3) is 3.31. The molecule has 26 heavy (non-hydrogen) atoms. The molecule has 1 amide bonds. The number of fused-ring (bicyclic) bond motifs is 2. The third-order valence-corrected chi connectivity index (χ3v) is 4.54. The van der Waals surface area contributed by atoms with E-state index in [1.807, 2.05) is 30.3 Å². The second kappa shape index (κ2) is 7.00. The van der Waals surface area contributed by atoms with Crippen LogP contribution in [0.15, 0.2) is 53.3 Å². The fourth-order valence-corrected chi connectivity index (χ4v) is 3.24. The summed E-state index contributed by atoms with van der Waals surface area (Å²) < 4.78 is 5.62. The van der Waals surface area contributed by atoms with Gasteiger partial charge in [0, 0.05) is 24.8 Å². The molecule has 0 fully saturated rings. The molecule has 0 saturated carbocycles. The monoisotopic (exact) mass is 349 g/mol. The molecule has 2 N–H and O–H groups in total. The molecule has 6 heteroatoms. The standard InChI is InChI=1S/C20H19N3O3/c24-19(22-16-11-12-26-17-8-4-2-5-13(16)17)10-9-18-21-15-7-3-1-6-14(15)20(25)23-18/h1-8,16H,9-12H2,(H,22,24)(H,21,23,25)/t16-/m1/s1. The van der Waals surface area contributed by atoms with Crippen LogP contribution >= 0.6 is 0 Å². The second-order valence-electron chi connectivity index (χ2n) is 6.32. The van der Waals surface area contributed by atoms with Gasteiger partial charge in [-0.2, -0.15) is 0 Å². The summed E-state index contributed by atoms with van der Waals surface area (Å²) in [5, 5.41) is 3.61. The quantitative estimate of drug-likeness (QED) is 0.758. The van der Waals surface area contributed by atoms with E-state index < -0.39 is 0 Å². The van der Waals surface area contributed by atoms with Gasteiger partial charge in [0.25, 0.3) is 5.56 Å². The van der Waals surface area contributed by atoms with Crippen LogP contribution < -0.4 is 15.6 Å². The molecule has 6 nitrogen and oxygen atoms in total. The Bertz CT molecular complexity index is 1010. The molecule has 1 aliphatic heterocycles. The molecule has 0 radical (unpaired) electrons. The predicted octanol–water partition coefficient (Wildman–Crippen LogP) is 2.50. The molecular formula is C20H19N3O3. The van der Waals surface area contributed by atoms with Crippen LogP contribution in [0, 0.1) is 0 Å². The van der Waals surface area contributed by atoms with Crippen LogP contribution in [0.5, 0.6) is 5.75 Å². The lowest BCUT2D eigenvalue weighted by atomic mass is 10.0. The summed E-state index contributed by atoms with van der Waals surface area (Å²) in [7, 11) is 0. The molecule has 0 aliphatic carbocycles. The average Bonchev–Trinajstić information content (AvgIpc) is 2.67. The largest absolute Gasteiger partial charge is 0.493 e. The van der Waals surface area contributed by atoms with Gasteiger partial charge in [0.2, 0.25) is 5.91 Å². The van der Waals surface area contributed by atoms with Crippen molar-refractivity contribution in [3.8, 4) is 5.75 Å². The van der Waals surface area contributed by atoms with Crippen LogP contribution in [0.4, 0.5) is 0 Å². The summed E-state index contributed by atoms with van der Waals surface area (Å²) in [4.78, 5) is 31.7. The van der Waals surface area contributed by atoms with E-state index in [1.54, 1.807) is 18.2 Å². The van der Waals surface area contributed by atoms with E-state index in [0.29, 0.717) is 29.8 Å². The average molecular weight is 349 g/mol. The zero-order chi connectivity index (χ0) is 17.9. The topological polar surface area (TPSA) is 84.1 Å². The van der Waals surface area contributed by atoms with Crippen LogP contribution in [-0.2, 0) is 11.2 Å². The van der Waals surface area contributed by atoms with Crippen molar-refractivity contribution in [2.24, 2.45) is 0 Å². The van der Waals surface area contributed by atoms with Crippen molar-refractivity contribution >= 4 is 16.8 Å². The Kier molecular flexibility index (Phi) is 4.39. The van der Waals surface area contributed by atoms with Crippen molar-refractivity contribution in [3.05, 3.63) is 70.3 Å². The number of aryl methyl sites for hydroxylation is 1. The van der Waals surface area contributed by atoms with Gasteiger partial charge in [0.1, 0.15) is 11.6 Å². The molecule has 1 atom stereocenters. The first-order chi connectivity index (χ1) is 12.7. The molecule has 2 aromatic carbocycles. The molecule has 0 unspecified atom stereocenters. The number of carbonyl (C=O) groups excluding carboxylic acids is 1. The van der Waals surface area contributed by atoms with Crippen molar-refractivity contribution in [2.75, 3.05) is 6.61 Å². The van der Waals surface area contributed by atoms with E-state index in [4.69, 9.17) is 4.74 Å². The Morgan fingerprint density at radius 1 is 1.19 bits per heavy atom. The fourth-order valence-electron chi connectivity index (χ4n) is 3.24. The summed E-state index contributed by atoms with van der Waals surface area (Å²) in [5.74, 6) is 1.28. The van der Waals surface area contributed by atoms with E-state index in [2.05, 4.69) is 15.3 Å². The van der Waals surface area contributed by atoms with Gasteiger partial charge in [0.15, 0.2) is 0 Å². The summed E-state index contributed by atoms with van der Waals surface area (Å²) >= 11 is 0. The highest BCUT2D eigenvalue weighted by atomic mass is 16.5. The first kappa shape index (κ1) is 16.3. The highest BCUT2D eigenvalue weighted by Crippen LogP contribution is 2.31. The van der Waals surface area contributed by atoms with Crippen LogP contribution in [-0.4, -0.2) is 22.5 Å². The lowest BCUT2D eigenvalue weighted by Crippen LogP contribution is -2.32. The van der Waals surface area contributed by atoms with E-state index in [1.165, 1.54) is 0 Å². The van der Waals surface area contributed by atoms with E-state index in [-0.39, 0.29) is 23.9 Å². The minimum absolute atomic E-state index is 0.0453. The number of nitrogens with one attached hydrogen (secondary N) is 2. The minimum Gasteiger partial charge on any atom is -0.493 e.